The van der Waals surface area contributed by atoms with Crippen molar-refractivity contribution >= 4 is 23.2 Å². The van der Waals surface area contributed by atoms with E-state index in [9.17, 15) is 5.11 Å². The molecule has 1 N–H and O–H groups in total. The van der Waals surface area contributed by atoms with Crippen molar-refractivity contribution in [2.24, 2.45) is 0 Å². The number of aromatic hydroxyl groups is 1. The number of aryl methyl sites for hydroxylation is 1. The van der Waals surface area contributed by atoms with Crippen LogP contribution in [0.5, 0.6) is 5.75 Å². The number of rotatable bonds is 5. The molecule has 0 heterocycles. The van der Waals surface area contributed by atoms with Crippen LogP contribution in [0.4, 0.5) is 0 Å². The van der Waals surface area contributed by atoms with E-state index in [0.717, 1.165) is 24.0 Å². The van der Waals surface area contributed by atoms with Gasteiger partial charge in [0.1, 0.15) is 5.75 Å². The van der Waals surface area contributed by atoms with Gasteiger partial charge in [-0.05, 0) is 47.7 Å². The van der Waals surface area contributed by atoms with E-state index in [-0.39, 0.29) is 0 Å². The van der Waals surface area contributed by atoms with Crippen molar-refractivity contribution in [3.05, 3.63) is 63.1 Å². The quantitative estimate of drug-likeness (QED) is 0.758. The van der Waals surface area contributed by atoms with Gasteiger partial charge in [-0.25, -0.2) is 0 Å². The van der Waals surface area contributed by atoms with E-state index in [2.05, 4.69) is 13.0 Å². The predicted octanol–water partition coefficient (Wildman–Crippen LogP) is 5.63. The lowest BCUT2D eigenvalue weighted by Gasteiger charge is -2.09. The van der Waals surface area contributed by atoms with E-state index in [1.807, 2.05) is 18.2 Å². The molecule has 0 aromatic heterocycles. The molecular weight excluding hydrogens is 291 g/mol. The van der Waals surface area contributed by atoms with Gasteiger partial charge in [0.05, 0.1) is 10.0 Å². The monoisotopic (exact) mass is 308 g/mol. The summed E-state index contributed by atoms with van der Waals surface area (Å²) in [5, 5.41) is 11.1. The maximum atomic E-state index is 9.99. The molecule has 0 saturated carbocycles. The Balaban J connectivity index is 2.20. The average Bonchev–Trinajstić information content (AvgIpc) is 2.44. The minimum Gasteiger partial charge on any atom is -0.508 e. The van der Waals surface area contributed by atoms with Gasteiger partial charge in [-0.1, -0.05) is 54.7 Å². The van der Waals surface area contributed by atoms with E-state index >= 15 is 0 Å². The number of phenols is 1. The van der Waals surface area contributed by atoms with E-state index in [1.54, 1.807) is 12.1 Å². The number of hydrogen-bond acceptors (Lipinski definition) is 1. The second-order valence-corrected chi connectivity index (χ2v) is 5.81. The highest BCUT2D eigenvalue weighted by Gasteiger charge is 2.06. The molecule has 0 atom stereocenters. The number of unbranched alkanes of at least 4 members (excludes halogenated alkanes) is 1. The molecule has 1 nitrogen and oxygen atoms in total. The van der Waals surface area contributed by atoms with Crippen LogP contribution in [-0.4, -0.2) is 5.11 Å². The minimum absolute atomic E-state index is 0.330. The highest BCUT2D eigenvalue weighted by Crippen LogP contribution is 2.27. The average molecular weight is 309 g/mol. The van der Waals surface area contributed by atoms with Crippen LogP contribution in [0.3, 0.4) is 0 Å². The zero-order valence-electron chi connectivity index (χ0n) is 11.5. The first-order chi connectivity index (χ1) is 9.60. The van der Waals surface area contributed by atoms with Crippen LogP contribution in [0.25, 0.3) is 0 Å². The third kappa shape index (κ3) is 3.91. The second kappa shape index (κ2) is 7.01. The fourth-order valence-corrected chi connectivity index (χ4v) is 2.51. The van der Waals surface area contributed by atoms with Crippen LogP contribution in [0.1, 0.15) is 36.5 Å². The fraction of sp³-hybridized carbons (Fsp3) is 0.294. The molecule has 0 unspecified atom stereocenters. The van der Waals surface area contributed by atoms with Crippen molar-refractivity contribution in [3.8, 4) is 5.75 Å². The van der Waals surface area contributed by atoms with Crippen LogP contribution >= 0.6 is 23.2 Å². The Bertz CT molecular complexity index is 594. The summed E-state index contributed by atoms with van der Waals surface area (Å²) in [4.78, 5) is 0. The molecule has 0 fully saturated rings. The zero-order valence-corrected chi connectivity index (χ0v) is 13.0. The first kappa shape index (κ1) is 15.2. The normalized spacial score (nSPS) is 10.8. The van der Waals surface area contributed by atoms with Gasteiger partial charge in [-0.3, -0.25) is 0 Å². The highest BCUT2D eigenvalue weighted by molar-refractivity contribution is 6.42. The lowest BCUT2D eigenvalue weighted by atomic mass is 9.99. The molecule has 2 rings (SSSR count). The number of benzene rings is 2. The van der Waals surface area contributed by atoms with Crippen molar-refractivity contribution in [1.82, 2.24) is 0 Å². The molecule has 20 heavy (non-hydrogen) atoms. The standard InChI is InChI=1S/C17H18Cl2O/c1-2-3-4-12-6-8-17(20)14(9-12)10-13-5-7-15(18)16(19)11-13/h5-9,11,20H,2-4,10H2,1H3. The Morgan fingerprint density at radius 2 is 1.70 bits per heavy atom. The largest absolute Gasteiger partial charge is 0.508 e. The Hall–Kier alpha value is -1.18. The molecule has 0 saturated heterocycles. The van der Waals surface area contributed by atoms with Crippen LogP contribution in [-0.2, 0) is 12.8 Å². The molecule has 0 amide bonds. The Kier molecular flexibility index (Phi) is 5.33. The molecule has 0 aliphatic rings. The zero-order chi connectivity index (χ0) is 14.5. The molecular formula is C17H18Cl2O. The molecule has 0 spiro atoms. The van der Waals surface area contributed by atoms with E-state index in [0.29, 0.717) is 22.2 Å². The molecule has 2 aromatic carbocycles. The molecule has 0 radical (unpaired) electrons. The summed E-state index contributed by atoms with van der Waals surface area (Å²) in [5.41, 5.74) is 3.24. The topological polar surface area (TPSA) is 20.2 Å². The van der Waals surface area contributed by atoms with Crippen molar-refractivity contribution < 1.29 is 5.11 Å². The first-order valence-corrected chi connectivity index (χ1v) is 7.60. The van der Waals surface area contributed by atoms with Gasteiger partial charge >= 0.3 is 0 Å². The minimum atomic E-state index is 0.330. The maximum Gasteiger partial charge on any atom is 0.119 e. The van der Waals surface area contributed by atoms with Crippen molar-refractivity contribution in [1.29, 1.82) is 0 Å². The Labute approximate surface area is 130 Å². The summed E-state index contributed by atoms with van der Waals surface area (Å²) in [5.74, 6) is 0.330. The van der Waals surface area contributed by atoms with Gasteiger partial charge in [0.25, 0.3) is 0 Å². The second-order valence-electron chi connectivity index (χ2n) is 4.99. The van der Waals surface area contributed by atoms with Crippen molar-refractivity contribution in [2.75, 3.05) is 0 Å². The fourth-order valence-electron chi connectivity index (χ4n) is 2.19. The smallest absolute Gasteiger partial charge is 0.119 e. The van der Waals surface area contributed by atoms with Gasteiger partial charge < -0.3 is 5.11 Å². The molecule has 0 bridgehead atoms. The number of halogens is 2. The van der Waals surface area contributed by atoms with E-state index in [1.165, 1.54) is 12.0 Å². The summed E-state index contributed by atoms with van der Waals surface area (Å²) in [7, 11) is 0. The molecule has 0 aliphatic heterocycles. The number of hydrogen-bond donors (Lipinski definition) is 1. The summed E-state index contributed by atoms with van der Waals surface area (Å²) < 4.78 is 0. The lowest BCUT2D eigenvalue weighted by molar-refractivity contribution is 0.469. The van der Waals surface area contributed by atoms with Gasteiger partial charge in [-0.2, -0.15) is 0 Å². The summed E-state index contributed by atoms with van der Waals surface area (Å²) in [6.45, 7) is 2.18. The van der Waals surface area contributed by atoms with Gasteiger partial charge in [0.2, 0.25) is 0 Å². The SMILES string of the molecule is CCCCc1ccc(O)c(Cc2ccc(Cl)c(Cl)c2)c1. The van der Waals surface area contributed by atoms with Crippen LogP contribution < -0.4 is 0 Å². The van der Waals surface area contributed by atoms with Gasteiger partial charge in [-0.15, -0.1) is 0 Å². The predicted molar refractivity (Wildman–Crippen MR) is 86.0 cm³/mol. The summed E-state index contributed by atoms with van der Waals surface area (Å²) >= 11 is 11.9. The highest BCUT2D eigenvalue weighted by atomic mass is 35.5. The third-order valence-electron chi connectivity index (χ3n) is 3.34. The van der Waals surface area contributed by atoms with E-state index in [4.69, 9.17) is 23.2 Å². The maximum absolute atomic E-state index is 9.99. The molecule has 106 valence electrons. The lowest BCUT2D eigenvalue weighted by Crippen LogP contribution is -1.92. The van der Waals surface area contributed by atoms with Crippen LogP contribution in [0, 0.1) is 0 Å². The first-order valence-electron chi connectivity index (χ1n) is 6.85. The Morgan fingerprint density at radius 1 is 0.950 bits per heavy atom. The van der Waals surface area contributed by atoms with Gasteiger partial charge in [0.15, 0.2) is 0 Å². The molecule has 2 aromatic rings. The third-order valence-corrected chi connectivity index (χ3v) is 4.08. The summed E-state index contributed by atoms with van der Waals surface area (Å²) in [6, 6.07) is 11.4. The van der Waals surface area contributed by atoms with Crippen molar-refractivity contribution in [3.63, 3.8) is 0 Å². The summed E-state index contributed by atoms with van der Waals surface area (Å²) in [6.07, 6.45) is 4.04. The molecule has 0 aliphatic carbocycles. The molecule has 3 heteroatoms. The Morgan fingerprint density at radius 3 is 2.40 bits per heavy atom. The van der Waals surface area contributed by atoms with Gasteiger partial charge in [0, 0.05) is 6.42 Å². The van der Waals surface area contributed by atoms with Crippen LogP contribution in [0.15, 0.2) is 36.4 Å². The van der Waals surface area contributed by atoms with Crippen LogP contribution in [0.2, 0.25) is 10.0 Å². The van der Waals surface area contributed by atoms with E-state index < -0.39 is 0 Å². The number of phenolic OH excluding ortho intramolecular Hbond substituents is 1. The van der Waals surface area contributed by atoms with Crippen molar-refractivity contribution in [2.45, 2.75) is 32.6 Å².